The lowest BCUT2D eigenvalue weighted by Crippen LogP contribution is -2.41. The second-order valence-electron chi connectivity index (χ2n) is 5.87. The van der Waals surface area contributed by atoms with E-state index in [1.807, 2.05) is 37.1 Å². The molecule has 2 rings (SSSR count). The molecular formula is C16H22BrNO. The van der Waals surface area contributed by atoms with Crippen LogP contribution in [0.1, 0.15) is 44.6 Å². The van der Waals surface area contributed by atoms with Crippen LogP contribution in [-0.4, -0.2) is 13.0 Å². The second kappa shape index (κ2) is 5.66. The van der Waals surface area contributed by atoms with Crippen molar-refractivity contribution in [1.29, 1.82) is 0 Å². The Morgan fingerprint density at radius 2 is 1.89 bits per heavy atom. The minimum Gasteiger partial charge on any atom is -0.315 e. The van der Waals surface area contributed by atoms with Crippen molar-refractivity contribution in [3.05, 3.63) is 28.2 Å². The zero-order valence-corrected chi connectivity index (χ0v) is 13.6. The normalized spacial score (nSPS) is 18.1. The second-order valence-corrected chi connectivity index (χ2v) is 6.72. The molecule has 104 valence electrons. The summed E-state index contributed by atoms with van der Waals surface area (Å²) in [6.45, 7) is 4.17. The van der Waals surface area contributed by atoms with Crippen molar-refractivity contribution >= 4 is 27.5 Å². The third-order valence-corrected chi connectivity index (χ3v) is 5.24. The van der Waals surface area contributed by atoms with Crippen molar-refractivity contribution in [1.82, 2.24) is 0 Å². The summed E-state index contributed by atoms with van der Waals surface area (Å²) in [6, 6.07) is 6.02. The van der Waals surface area contributed by atoms with E-state index in [9.17, 15) is 4.79 Å². The number of hydrogen-bond acceptors (Lipinski definition) is 1. The summed E-state index contributed by atoms with van der Waals surface area (Å²) in [5.41, 5.74) is 1.95. The highest BCUT2D eigenvalue weighted by molar-refractivity contribution is 9.10. The number of amides is 1. The first-order valence-electron chi connectivity index (χ1n) is 6.99. The summed E-state index contributed by atoms with van der Waals surface area (Å²) in [5.74, 6) is 0.258. The van der Waals surface area contributed by atoms with Gasteiger partial charge in [0.15, 0.2) is 0 Å². The minimum absolute atomic E-state index is 0.179. The number of hydrogen-bond donors (Lipinski definition) is 0. The fraction of sp³-hybridized carbons (Fsp3) is 0.562. The van der Waals surface area contributed by atoms with Crippen molar-refractivity contribution in [3.63, 3.8) is 0 Å². The van der Waals surface area contributed by atoms with E-state index in [2.05, 4.69) is 22.9 Å². The van der Waals surface area contributed by atoms with E-state index in [4.69, 9.17) is 0 Å². The highest BCUT2D eigenvalue weighted by Gasteiger charge is 2.37. The van der Waals surface area contributed by atoms with E-state index >= 15 is 0 Å². The standard InChI is InChI=1S/C16H22BrNO/c1-12-13(17)8-7-9-14(12)18(3)15(19)16(2)10-5-4-6-11-16/h7-9H,4-6,10-11H2,1-3H3. The Kier molecular flexibility index (Phi) is 4.34. The molecule has 0 aliphatic heterocycles. The summed E-state index contributed by atoms with van der Waals surface area (Å²) in [5, 5.41) is 0. The van der Waals surface area contributed by atoms with Gasteiger partial charge in [0.1, 0.15) is 0 Å². The smallest absolute Gasteiger partial charge is 0.232 e. The molecular weight excluding hydrogens is 302 g/mol. The molecule has 2 nitrogen and oxygen atoms in total. The maximum absolute atomic E-state index is 12.8. The first kappa shape index (κ1) is 14.6. The Bertz CT molecular complexity index is 478. The van der Waals surface area contributed by atoms with Crippen LogP contribution in [-0.2, 0) is 4.79 Å². The van der Waals surface area contributed by atoms with Gasteiger partial charge in [0, 0.05) is 22.6 Å². The third kappa shape index (κ3) is 2.86. The van der Waals surface area contributed by atoms with E-state index in [-0.39, 0.29) is 11.3 Å². The predicted octanol–water partition coefficient (Wildman–Crippen LogP) is 4.69. The third-order valence-electron chi connectivity index (χ3n) is 4.38. The topological polar surface area (TPSA) is 20.3 Å². The highest BCUT2D eigenvalue weighted by atomic mass is 79.9. The minimum atomic E-state index is -0.179. The number of carbonyl (C=O) groups is 1. The van der Waals surface area contributed by atoms with Gasteiger partial charge in [-0.3, -0.25) is 4.79 Å². The van der Waals surface area contributed by atoms with Crippen LogP contribution in [0.5, 0.6) is 0 Å². The van der Waals surface area contributed by atoms with Crippen LogP contribution >= 0.6 is 15.9 Å². The lowest BCUT2D eigenvalue weighted by atomic mass is 9.74. The monoisotopic (exact) mass is 323 g/mol. The van der Waals surface area contributed by atoms with Gasteiger partial charge in [0.2, 0.25) is 5.91 Å². The Labute approximate surface area is 124 Å². The van der Waals surface area contributed by atoms with Crippen LogP contribution in [0, 0.1) is 12.3 Å². The summed E-state index contributed by atoms with van der Waals surface area (Å²) >= 11 is 3.53. The van der Waals surface area contributed by atoms with Crippen molar-refractivity contribution in [2.45, 2.75) is 46.0 Å². The van der Waals surface area contributed by atoms with Crippen LogP contribution in [0.15, 0.2) is 22.7 Å². The Morgan fingerprint density at radius 1 is 1.26 bits per heavy atom. The van der Waals surface area contributed by atoms with Crippen LogP contribution in [0.2, 0.25) is 0 Å². The zero-order valence-electron chi connectivity index (χ0n) is 12.0. The molecule has 0 bridgehead atoms. The van der Waals surface area contributed by atoms with Gasteiger partial charge in [-0.2, -0.15) is 0 Å². The van der Waals surface area contributed by atoms with Crippen molar-refractivity contribution < 1.29 is 4.79 Å². The molecule has 0 atom stereocenters. The molecule has 0 N–H and O–H groups in total. The molecule has 1 aliphatic rings. The van der Waals surface area contributed by atoms with Gasteiger partial charge in [-0.25, -0.2) is 0 Å². The quantitative estimate of drug-likeness (QED) is 0.773. The van der Waals surface area contributed by atoms with Crippen LogP contribution in [0.25, 0.3) is 0 Å². The van der Waals surface area contributed by atoms with Gasteiger partial charge >= 0.3 is 0 Å². The van der Waals surface area contributed by atoms with E-state index in [1.54, 1.807) is 0 Å². The number of rotatable bonds is 2. The van der Waals surface area contributed by atoms with Crippen LogP contribution < -0.4 is 4.90 Å². The molecule has 1 fully saturated rings. The van der Waals surface area contributed by atoms with Gasteiger partial charge in [-0.15, -0.1) is 0 Å². The Morgan fingerprint density at radius 3 is 2.53 bits per heavy atom. The van der Waals surface area contributed by atoms with Gasteiger partial charge in [-0.05, 0) is 37.5 Å². The van der Waals surface area contributed by atoms with Crippen molar-refractivity contribution in [2.75, 3.05) is 11.9 Å². The molecule has 0 saturated heterocycles. The average Bonchev–Trinajstić information content (AvgIpc) is 2.41. The Balaban J connectivity index is 2.25. The SMILES string of the molecule is Cc1c(Br)cccc1N(C)C(=O)C1(C)CCCCC1. The number of carbonyl (C=O) groups excluding carboxylic acids is 1. The molecule has 0 aromatic heterocycles. The van der Waals surface area contributed by atoms with Gasteiger partial charge in [0.05, 0.1) is 0 Å². The molecule has 0 heterocycles. The van der Waals surface area contributed by atoms with E-state index < -0.39 is 0 Å². The Hall–Kier alpha value is -0.830. The molecule has 1 aromatic rings. The maximum atomic E-state index is 12.8. The molecule has 1 amide bonds. The molecule has 3 heteroatoms. The van der Waals surface area contributed by atoms with E-state index in [0.29, 0.717) is 0 Å². The van der Waals surface area contributed by atoms with E-state index in [0.717, 1.165) is 28.6 Å². The predicted molar refractivity (Wildman–Crippen MR) is 83.5 cm³/mol. The molecule has 1 aromatic carbocycles. The molecule has 0 spiro atoms. The van der Waals surface area contributed by atoms with Gasteiger partial charge < -0.3 is 4.90 Å². The molecule has 1 saturated carbocycles. The fourth-order valence-corrected chi connectivity index (χ4v) is 3.38. The first-order valence-corrected chi connectivity index (χ1v) is 7.78. The molecule has 19 heavy (non-hydrogen) atoms. The van der Waals surface area contributed by atoms with Crippen molar-refractivity contribution in [2.24, 2.45) is 5.41 Å². The fourth-order valence-electron chi connectivity index (χ4n) is 3.02. The first-order chi connectivity index (χ1) is 8.96. The number of nitrogens with zero attached hydrogens (tertiary/aromatic N) is 1. The molecule has 1 aliphatic carbocycles. The maximum Gasteiger partial charge on any atom is 0.232 e. The van der Waals surface area contributed by atoms with Crippen molar-refractivity contribution in [3.8, 4) is 0 Å². The highest BCUT2D eigenvalue weighted by Crippen LogP contribution is 2.39. The lowest BCUT2D eigenvalue weighted by Gasteiger charge is -2.36. The van der Waals surface area contributed by atoms with E-state index in [1.165, 1.54) is 19.3 Å². The number of benzene rings is 1. The summed E-state index contributed by atoms with van der Waals surface area (Å²) < 4.78 is 1.05. The largest absolute Gasteiger partial charge is 0.315 e. The van der Waals surface area contributed by atoms with Gasteiger partial charge in [0.25, 0.3) is 0 Å². The summed E-state index contributed by atoms with van der Waals surface area (Å²) in [7, 11) is 1.90. The lowest BCUT2D eigenvalue weighted by molar-refractivity contribution is -0.128. The summed E-state index contributed by atoms with van der Waals surface area (Å²) in [6.07, 6.45) is 5.65. The summed E-state index contributed by atoms with van der Waals surface area (Å²) in [4.78, 5) is 14.6. The molecule has 0 radical (unpaired) electrons. The van der Waals surface area contributed by atoms with Gasteiger partial charge in [-0.1, -0.05) is 48.2 Å². The molecule has 0 unspecified atom stereocenters. The average molecular weight is 324 g/mol. The van der Waals surface area contributed by atoms with Crippen LogP contribution in [0.3, 0.4) is 0 Å². The van der Waals surface area contributed by atoms with Crippen LogP contribution in [0.4, 0.5) is 5.69 Å². The number of anilines is 1. The number of halogens is 1. The zero-order chi connectivity index (χ0) is 14.0.